The Hall–Kier alpha value is -3.32. The SMILES string of the molecule is CCCCCC1COC(c2ccc(C(F)(F)O/C=C/C3CCC(C(F)(F)Oc4cc(F)c(OC=C(F)F)c(F)c4)CC3)cc2)OC1. The van der Waals surface area contributed by atoms with Crippen LogP contribution in [-0.4, -0.2) is 19.3 Å². The first-order valence-corrected chi connectivity index (χ1v) is 15.2. The standard InChI is InChI=1S/C33H36F8O5/c1-2-3-4-5-22-18-43-31(44-19-22)23-8-12-24(13-9-23)32(38,39)45-15-14-21-6-10-25(11-7-21)33(40,41)46-26-16-27(34)30(28(35)17-26)42-20-29(36)37/h8-9,12-17,20-22,25,31H,2-7,10-11,18-19H2,1H3/b15-14+. The van der Waals surface area contributed by atoms with Gasteiger partial charge in [0.1, 0.15) is 5.75 Å². The summed E-state index contributed by atoms with van der Waals surface area (Å²) in [5, 5.41) is 0. The molecule has 1 heterocycles. The maximum atomic E-state index is 14.8. The Morgan fingerprint density at radius 1 is 0.913 bits per heavy atom. The van der Waals surface area contributed by atoms with Gasteiger partial charge in [0.2, 0.25) is 0 Å². The largest absolute Gasteiger partial charge is 0.453 e. The van der Waals surface area contributed by atoms with Crippen LogP contribution in [-0.2, 0) is 20.3 Å². The second kappa shape index (κ2) is 16.0. The van der Waals surface area contributed by atoms with E-state index in [0.29, 0.717) is 36.8 Å². The van der Waals surface area contributed by atoms with Crippen molar-refractivity contribution >= 4 is 0 Å². The average Bonchev–Trinajstić information content (AvgIpc) is 3.01. The van der Waals surface area contributed by atoms with E-state index in [9.17, 15) is 35.1 Å². The summed E-state index contributed by atoms with van der Waals surface area (Å²) in [7, 11) is 0. The van der Waals surface area contributed by atoms with E-state index in [0.717, 1.165) is 31.9 Å². The lowest BCUT2D eigenvalue weighted by atomic mass is 9.81. The molecule has 4 rings (SSSR count). The smallest absolute Gasteiger partial charge is 0.426 e. The van der Waals surface area contributed by atoms with Crippen LogP contribution in [0.1, 0.15) is 75.7 Å². The van der Waals surface area contributed by atoms with Crippen molar-refractivity contribution < 1.29 is 58.8 Å². The molecule has 2 aromatic rings. The molecule has 2 aliphatic rings. The monoisotopic (exact) mass is 664 g/mol. The van der Waals surface area contributed by atoms with E-state index in [1.807, 2.05) is 0 Å². The van der Waals surface area contributed by atoms with Gasteiger partial charge in [0, 0.05) is 23.6 Å². The molecule has 254 valence electrons. The van der Waals surface area contributed by atoms with Crippen LogP contribution in [0.2, 0.25) is 0 Å². The second-order valence-corrected chi connectivity index (χ2v) is 11.5. The van der Waals surface area contributed by atoms with Gasteiger partial charge in [-0.2, -0.15) is 26.3 Å². The van der Waals surface area contributed by atoms with Gasteiger partial charge in [-0.15, -0.1) is 0 Å². The van der Waals surface area contributed by atoms with Crippen LogP contribution in [0.3, 0.4) is 0 Å². The first kappa shape index (κ1) is 35.5. The molecule has 1 aliphatic carbocycles. The van der Waals surface area contributed by atoms with Crippen molar-refractivity contribution in [2.75, 3.05) is 13.2 Å². The molecular weight excluding hydrogens is 628 g/mol. The number of hydrogen-bond acceptors (Lipinski definition) is 5. The summed E-state index contributed by atoms with van der Waals surface area (Å²) >= 11 is 0. The maximum Gasteiger partial charge on any atom is 0.426 e. The second-order valence-electron chi connectivity index (χ2n) is 11.5. The fourth-order valence-electron chi connectivity index (χ4n) is 5.42. The van der Waals surface area contributed by atoms with Gasteiger partial charge in [0.25, 0.3) is 0 Å². The van der Waals surface area contributed by atoms with Crippen molar-refractivity contribution in [3.05, 3.63) is 83.8 Å². The van der Waals surface area contributed by atoms with Crippen LogP contribution in [0.5, 0.6) is 11.5 Å². The fraction of sp³-hybridized carbons (Fsp3) is 0.515. The molecular formula is C33H36F8O5. The highest BCUT2D eigenvalue weighted by Crippen LogP contribution is 2.42. The molecule has 1 saturated carbocycles. The molecule has 0 aromatic heterocycles. The maximum absolute atomic E-state index is 14.8. The van der Waals surface area contributed by atoms with Gasteiger partial charge in [0.05, 0.1) is 31.0 Å². The summed E-state index contributed by atoms with van der Waals surface area (Å²) in [4.78, 5) is 0. The summed E-state index contributed by atoms with van der Waals surface area (Å²) in [6.07, 6.45) is -3.73. The summed E-state index contributed by atoms with van der Waals surface area (Å²) in [5.74, 6) is -6.41. The third kappa shape index (κ3) is 9.84. The van der Waals surface area contributed by atoms with Crippen molar-refractivity contribution in [2.45, 2.75) is 76.8 Å². The van der Waals surface area contributed by atoms with Crippen LogP contribution in [0.25, 0.3) is 0 Å². The zero-order chi connectivity index (χ0) is 33.3. The molecule has 2 fully saturated rings. The van der Waals surface area contributed by atoms with Crippen molar-refractivity contribution in [3.63, 3.8) is 0 Å². The van der Waals surface area contributed by atoms with E-state index in [1.165, 1.54) is 30.3 Å². The lowest BCUT2D eigenvalue weighted by Crippen LogP contribution is -2.37. The quantitative estimate of drug-likeness (QED) is 0.114. The van der Waals surface area contributed by atoms with Gasteiger partial charge >= 0.3 is 18.3 Å². The van der Waals surface area contributed by atoms with E-state index in [1.54, 1.807) is 0 Å². The topological polar surface area (TPSA) is 46.2 Å². The number of halogens is 8. The molecule has 46 heavy (non-hydrogen) atoms. The Bertz CT molecular complexity index is 1290. The first-order valence-electron chi connectivity index (χ1n) is 15.2. The van der Waals surface area contributed by atoms with Gasteiger partial charge in [-0.25, -0.2) is 8.78 Å². The minimum atomic E-state index is -3.82. The van der Waals surface area contributed by atoms with Gasteiger partial charge in [0.15, 0.2) is 29.9 Å². The third-order valence-corrected chi connectivity index (χ3v) is 8.01. The van der Waals surface area contributed by atoms with Gasteiger partial charge in [-0.3, -0.25) is 0 Å². The lowest BCUT2D eigenvalue weighted by Gasteiger charge is -2.32. The summed E-state index contributed by atoms with van der Waals surface area (Å²) in [6.45, 7) is 3.23. The number of unbranched alkanes of at least 4 members (excludes halogenated alkanes) is 2. The average molecular weight is 665 g/mol. The summed E-state index contributed by atoms with van der Waals surface area (Å²) in [6, 6.07) is 6.26. The Balaban J connectivity index is 1.23. The number of alkyl halides is 4. The molecule has 0 atom stereocenters. The van der Waals surface area contributed by atoms with Crippen LogP contribution in [0.4, 0.5) is 35.1 Å². The number of rotatable bonds is 14. The van der Waals surface area contributed by atoms with Crippen molar-refractivity contribution in [1.29, 1.82) is 0 Å². The lowest BCUT2D eigenvalue weighted by molar-refractivity contribution is -0.223. The van der Waals surface area contributed by atoms with Gasteiger partial charge in [-0.1, -0.05) is 38.3 Å². The Labute approximate surface area is 262 Å². The van der Waals surface area contributed by atoms with Gasteiger partial charge < -0.3 is 23.7 Å². The van der Waals surface area contributed by atoms with Crippen LogP contribution in [0, 0.1) is 29.4 Å². The zero-order valence-corrected chi connectivity index (χ0v) is 25.1. The van der Waals surface area contributed by atoms with E-state index in [4.69, 9.17) is 14.2 Å². The zero-order valence-electron chi connectivity index (χ0n) is 25.1. The van der Waals surface area contributed by atoms with Gasteiger partial charge in [-0.05, 0) is 56.2 Å². The minimum Gasteiger partial charge on any atom is -0.453 e. The molecule has 1 saturated heterocycles. The predicted molar refractivity (Wildman–Crippen MR) is 151 cm³/mol. The van der Waals surface area contributed by atoms with Crippen LogP contribution < -0.4 is 9.47 Å². The van der Waals surface area contributed by atoms with Crippen LogP contribution >= 0.6 is 0 Å². The highest BCUT2D eigenvalue weighted by Gasteiger charge is 2.44. The van der Waals surface area contributed by atoms with E-state index in [2.05, 4.69) is 16.4 Å². The third-order valence-electron chi connectivity index (χ3n) is 8.01. The Kier molecular flexibility index (Phi) is 12.4. The molecule has 0 amide bonds. The van der Waals surface area contributed by atoms with E-state index in [-0.39, 0.29) is 43.4 Å². The number of allylic oxidation sites excluding steroid dienone is 1. The molecule has 0 unspecified atom stereocenters. The van der Waals surface area contributed by atoms with Crippen LogP contribution in [0.15, 0.2) is 61.1 Å². The molecule has 0 bridgehead atoms. The molecule has 0 spiro atoms. The molecule has 0 radical (unpaired) electrons. The van der Waals surface area contributed by atoms with Crippen molar-refractivity contribution in [1.82, 2.24) is 0 Å². The first-order chi connectivity index (χ1) is 21.9. The summed E-state index contributed by atoms with van der Waals surface area (Å²) in [5.41, 5.74) is 0.233. The predicted octanol–water partition coefficient (Wildman–Crippen LogP) is 10.4. The molecule has 2 aromatic carbocycles. The molecule has 0 N–H and O–H groups in total. The summed E-state index contributed by atoms with van der Waals surface area (Å²) < 4.78 is 136. The molecule has 13 heteroatoms. The van der Waals surface area contributed by atoms with Crippen molar-refractivity contribution in [2.24, 2.45) is 17.8 Å². The molecule has 1 aliphatic heterocycles. The number of ether oxygens (including phenoxy) is 5. The van der Waals surface area contributed by atoms with E-state index >= 15 is 0 Å². The Morgan fingerprint density at radius 3 is 2.13 bits per heavy atom. The van der Waals surface area contributed by atoms with Crippen molar-refractivity contribution in [3.8, 4) is 11.5 Å². The Morgan fingerprint density at radius 2 is 1.54 bits per heavy atom. The number of benzene rings is 2. The highest BCUT2D eigenvalue weighted by atomic mass is 19.3. The number of hydrogen-bond donors (Lipinski definition) is 0. The molecule has 5 nitrogen and oxygen atoms in total. The minimum absolute atomic E-state index is 0.0720. The highest BCUT2D eigenvalue weighted by molar-refractivity contribution is 5.35. The van der Waals surface area contributed by atoms with E-state index < -0.39 is 53.6 Å². The fourth-order valence-corrected chi connectivity index (χ4v) is 5.42. The normalized spacial score (nSPS) is 22.5.